The van der Waals surface area contributed by atoms with Gasteiger partial charge in [0.05, 0.1) is 0 Å². The molecule has 0 aliphatic rings. The summed E-state index contributed by atoms with van der Waals surface area (Å²) in [5.74, 6) is 0.184. The second kappa shape index (κ2) is 5.26. The summed E-state index contributed by atoms with van der Waals surface area (Å²) in [7, 11) is 3.31. The molecular formula is C9H14N4O2. The topological polar surface area (TPSA) is 81.3 Å². The van der Waals surface area contributed by atoms with Crippen molar-refractivity contribution in [1.82, 2.24) is 15.1 Å². The molecule has 82 valence electrons. The smallest absolute Gasteiger partial charge is 0.273 e. The molecule has 0 aromatic carbocycles. The highest BCUT2D eigenvalue weighted by molar-refractivity contribution is 5.91. The van der Waals surface area contributed by atoms with Gasteiger partial charge in [-0.2, -0.15) is 0 Å². The largest absolute Gasteiger partial charge is 0.475 e. The lowest BCUT2D eigenvalue weighted by molar-refractivity contribution is 0.0820. The molecule has 0 spiro atoms. The SMILES string of the molecule is CN(C)C(=O)c1ccc(OCCN)nn1. The molecule has 0 aliphatic carbocycles. The lowest BCUT2D eigenvalue weighted by atomic mass is 10.3. The van der Waals surface area contributed by atoms with E-state index in [2.05, 4.69) is 10.2 Å². The second-order valence-corrected chi connectivity index (χ2v) is 3.09. The first kappa shape index (κ1) is 11.4. The van der Waals surface area contributed by atoms with Gasteiger partial charge in [-0.15, -0.1) is 10.2 Å². The molecule has 0 aliphatic heterocycles. The van der Waals surface area contributed by atoms with E-state index in [0.29, 0.717) is 24.7 Å². The summed E-state index contributed by atoms with van der Waals surface area (Å²) in [6.45, 7) is 0.801. The van der Waals surface area contributed by atoms with Crippen molar-refractivity contribution in [3.05, 3.63) is 17.8 Å². The van der Waals surface area contributed by atoms with Crippen molar-refractivity contribution >= 4 is 5.91 Å². The normalized spacial score (nSPS) is 9.80. The van der Waals surface area contributed by atoms with E-state index >= 15 is 0 Å². The lowest BCUT2D eigenvalue weighted by Crippen LogP contribution is -2.23. The molecule has 1 aromatic heterocycles. The molecule has 0 radical (unpaired) electrons. The van der Waals surface area contributed by atoms with E-state index < -0.39 is 0 Å². The van der Waals surface area contributed by atoms with Crippen molar-refractivity contribution < 1.29 is 9.53 Å². The Morgan fingerprint density at radius 1 is 1.47 bits per heavy atom. The van der Waals surface area contributed by atoms with Gasteiger partial charge in [0.1, 0.15) is 6.61 Å². The van der Waals surface area contributed by atoms with Gasteiger partial charge in [0.2, 0.25) is 5.88 Å². The predicted molar refractivity (Wildman–Crippen MR) is 54.6 cm³/mol. The number of ether oxygens (including phenoxy) is 1. The number of hydrogen-bond donors (Lipinski definition) is 1. The summed E-state index contributed by atoms with van der Waals surface area (Å²) in [6, 6.07) is 3.17. The van der Waals surface area contributed by atoms with Crippen LogP contribution >= 0.6 is 0 Å². The van der Waals surface area contributed by atoms with Gasteiger partial charge in [0, 0.05) is 26.7 Å². The van der Waals surface area contributed by atoms with Crippen LogP contribution in [0.2, 0.25) is 0 Å². The number of aromatic nitrogens is 2. The van der Waals surface area contributed by atoms with E-state index in [0.717, 1.165) is 0 Å². The Kier molecular flexibility index (Phi) is 3.99. The lowest BCUT2D eigenvalue weighted by Gasteiger charge is -2.08. The molecule has 1 rings (SSSR count). The third-order valence-electron chi connectivity index (χ3n) is 1.63. The van der Waals surface area contributed by atoms with Gasteiger partial charge in [-0.3, -0.25) is 4.79 Å². The van der Waals surface area contributed by atoms with E-state index in [-0.39, 0.29) is 5.91 Å². The summed E-state index contributed by atoms with van der Waals surface area (Å²) in [6.07, 6.45) is 0. The predicted octanol–water partition coefficient (Wildman–Crippen LogP) is -0.484. The molecule has 15 heavy (non-hydrogen) atoms. The van der Waals surface area contributed by atoms with Crippen LogP contribution in [0.25, 0.3) is 0 Å². The van der Waals surface area contributed by atoms with E-state index in [1.54, 1.807) is 26.2 Å². The third kappa shape index (κ3) is 3.17. The van der Waals surface area contributed by atoms with Crippen molar-refractivity contribution in [2.24, 2.45) is 5.73 Å². The fraction of sp³-hybridized carbons (Fsp3) is 0.444. The van der Waals surface area contributed by atoms with Crippen molar-refractivity contribution in [3.8, 4) is 5.88 Å². The molecule has 0 atom stereocenters. The zero-order chi connectivity index (χ0) is 11.3. The quantitative estimate of drug-likeness (QED) is 0.725. The maximum absolute atomic E-state index is 11.4. The molecule has 1 heterocycles. The van der Waals surface area contributed by atoms with Crippen LogP contribution in [0.4, 0.5) is 0 Å². The van der Waals surface area contributed by atoms with Crippen molar-refractivity contribution in [1.29, 1.82) is 0 Å². The Bertz CT molecular complexity index is 323. The number of carbonyl (C=O) groups excluding carboxylic acids is 1. The van der Waals surface area contributed by atoms with Crippen molar-refractivity contribution in [3.63, 3.8) is 0 Å². The minimum atomic E-state index is -0.187. The van der Waals surface area contributed by atoms with Crippen molar-refractivity contribution in [2.75, 3.05) is 27.2 Å². The van der Waals surface area contributed by atoms with Gasteiger partial charge in [-0.05, 0) is 6.07 Å². The maximum Gasteiger partial charge on any atom is 0.273 e. The number of carbonyl (C=O) groups is 1. The molecule has 1 amide bonds. The van der Waals surface area contributed by atoms with Crippen LogP contribution in [0, 0.1) is 0 Å². The summed E-state index contributed by atoms with van der Waals surface area (Å²) in [5.41, 5.74) is 5.55. The fourth-order valence-electron chi connectivity index (χ4n) is 0.904. The zero-order valence-electron chi connectivity index (χ0n) is 8.80. The first-order valence-corrected chi connectivity index (χ1v) is 4.53. The van der Waals surface area contributed by atoms with Crippen LogP contribution in [0.1, 0.15) is 10.5 Å². The molecule has 0 fully saturated rings. The van der Waals surface area contributed by atoms with Gasteiger partial charge in [0.25, 0.3) is 5.91 Å². The summed E-state index contributed by atoms with van der Waals surface area (Å²) in [5, 5.41) is 7.49. The Balaban J connectivity index is 2.68. The van der Waals surface area contributed by atoms with Crippen LogP contribution < -0.4 is 10.5 Å². The van der Waals surface area contributed by atoms with Gasteiger partial charge in [0.15, 0.2) is 5.69 Å². The Hall–Kier alpha value is -1.69. The fourth-order valence-corrected chi connectivity index (χ4v) is 0.904. The first-order valence-electron chi connectivity index (χ1n) is 4.53. The molecule has 1 aromatic rings. The molecule has 0 bridgehead atoms. The summed E-state index contributed by atoms with van der Waals surface area (Å²) in [4.78, 5) is 12.9. The zero-order valence-corrected chi connectivity index (χ0v) is 8.80. The standard InChI is InChI=1S/C9H14N4O2/c1-13(2)9(14)7-3-4-8(12-11-7)15-6-5-10/h3-4H,5-6,10H2,1-2H3. The highest BCUT2D eigenvalue weighted by Gasteiger charge is 2.09. The minimum Gasteiger partial charge on any atom is -0.475 e. The monoisotopic (exact) mass is 210 g/mol. The molecule has 2 N–H and O–H groups in total. The van der Waals surface area contributed by atoms with Gasteiger partial charge in [-0.25, -0.2) is 0 Å². The van der Waals surface area contributed by atoms with Crippen LogP contribution in [0.15, 0.2) is 12.1 Å². The van der Waals surface area contributed by atoms with Crippen LogP contribution in [0.3, 0.4) is 0 Å². The van der Waals surface area contributed by atoms with Gasteiger partial charge < -0.3 is 15.4 Å². The van der Waals surface area contributed by atoms with Crippen LogP contribution in [-0.4, -0.2) is 48.3 Å². The Morgan fingerprint density at radius 3 is 2.67 bits per heavy atom. The summed E-state index contributed by atoms with van der Waals surface area (Å²) < 4.78 is 5.13. The van der Waals surface area contributed by atoms with E-state index in [1.165, 1.54) is 4.90 Å². The average Bonchev–Trinajstić information content (AvgIpc) is 2.26. The van der Waals surface area contributed by atoms with Crippen LogP contribution in [-0.2, 0) is 0 Å². The highest BCUT2D eigenvalue weighted by atomic mass is 16.5. The summed E-state index contributed by atoms with van der Waals surface area (Å²) >= 11 is 0. The number of hydrogen-bond acceptors (Lipinski definition) is 5. The minimum absolute atomic E-state index is 0.187. The third-order valence-corrected chi connectivity index (χ3v) is 1.63. The molecule has 0 saturated carbocycles. The molecular weight excluding hydrogens is 196 g/mol. The molecule has 6 nitrogen and oxygen atoms in total. The number of amides is 1. The van der Waals surface area contributed by atoms with E-state index in [1.807, 2.05) is 0 Å². The van der Waals surface area contributed by atoms with Crippen molar-refractivity contribution in [2.45, 2.75) is 0 Å². The Morgan fingerprint density at radius 2 is 2.20 bits per heavy atom. The number of nitrogens with two attached hydrogens (primary N) is 1. The molecule has 6 heteroatoms. The number of nitrogens with zero attached hydrogens (tertiary/aromatic N) is 3. The highest BCUT2D eigenvalue weighted by Crippen LogP contribution is 2.05. The Labute approximate surface area is 88.0 Å². The van der Waals surface area contributed by atoms with E-state index in [9.17, 15) is 4.79 Å². The van der Waals surface area contributed by atoms with Crippen LogP contribution in [0.5, 0.6) is 5.88 Å². The second-order valence-electron chi connectivity index (χ2n) is 3.09. The maximum atomic E-state index is 11.4. The van der Waals surface area contributed by atoms with Gasteiger partial charge in [-0.1, -0.05) is 0 Å². The molecule has 0 unspecified atom stereocenters. The van der Waals surface area contributed by atoms with E-state index in [4.69, 9.17) is 10.5 Å². The number of rotatable bonds is 4. The van der Waals surface area contributed by atoms with Gasteiger partial charge >= 0.3 is 0 Å². The average molecular weight is 210 g/mol. The molecule has 0 saturated heterocycles. The first-order chi connectivity index (χ1) is 7.15.